The van der Waals surface area contributed by atoms with Crippen LogP contribution in [0.25, 0.3) is 0 Å². The third-order valence-corrected chi connectivity index (χ3v) is 4.62. The van der Waals surface area contributed by atoms with Crippen LogP contribution in [-0.4, -0.2) is 60.3 Å². The third-order valence-electron chi connectivity index (χ3n) is 4.62. The van der Waals surface area contributed by atoms with Gasteiger partial charge in [-0.15, -0.1) is 0 Å². The highest BCUT2D eigenvalue weighted by atomic mass is 19.3. The molecule has 3 rings (SSSR count). The summed E-state index contributed by atoms with van der Waals surface area (Å²) in [5.41, 5.74) is 0.191. The Morgan fingerprint density at radius 1 is 1.31 bits per heavy atom. The quantitative estimate of drug-likeness (QED) is 0.885. The van der Waals surface area contributed by atoms with Gasteiger partial charge in [0.05, 0.1) is 11.7 Å². The first-order valence-electron chi connectivity index (χ1n) is 8.50. The number of nitrogens with zero attached hydrogens (tertiary/aromatic N) is 2. The van der Waals surface area contributed by atoms with Crippen LogP contribution in [0.2, 0.25) is 0 Å². The molecule has 2 heterocycles. The lowest BCUT2D eigenvalue weighted by atomic mass is 10.0. The largest absolute Gasteiger partial charge is 0.447 e. The molecule has 0 spiro atoms. The number of para-hydroxylation sites is 2. The molecule has 142 valence electrons. The van der Waals surface area contributed by atoms with Crippen molar-refractivity contribution in [3.63, 3.8) is 0 Å². The van der Waals surface area contributed by atoms with Gasteiger partial charge in [0, 0.05) is 19.1 Å². The minimum atomic E-state index is -2.97. The lowest BCUT2D eigenvalue weighted by Crippen LogP contribution is -2.50. The number of amides is 3. The van der Waals surface area contributed by atoms with Crippen LogP contribution in [0.5, 0.6) is 5.75 Å². The van der Waals surface area contributed by atoms with Gasteiger partial charge in [0.1, 0.15) is 12.4 Å². The number of piperidine rings is 1. The fourth-order valence-electron chi connectivity index (χ4n) is 3.35. The van der Waals surface area contributed by atoms with Gasteiger partial charge in [-0.1, -0.05) is 12.1 Å². The molecule has 1 N–H and O–H groups in total. The van der Waals surface area contributed by atoms with Crippen LogP contribution < -0.4 is 10.1 Å². The monoisotopic (exact) mass is 369 g/mol. The van der Waals surface area contributed by atoms with E-state index >= 15 is 0 Å². The molecule has 0 aromatic heterocycles. The highest BCUT2D eigenvalue weighted by Gasteiger charge is 2.37. The summed E-state index contributed by atoms with van der Waals surface area (Å²) in [7, 11) is 0. The maximum atomic E-state index is 12.5. The normalized spacial score (nSPS) is 21.1. The van der Waals surface area contributed by atoms with Gasteiger partial charge < -0.3 is 19.7 Å². The molecule has 1 unspecified atom stereocenters. The Morgan fingerprint density at radius 3 is 2.62 bits per heavy atom. The zero-order valence-electron chi connectivity index (χ0n) is 14.4. The Morgan fingerprint density at radius 2 is 2.00 bits per heavy atom. The first kappa shape index (κ1) is 18.2. The topological polar surface area (TPSA) is 71.1 Å². The average molecular weight is 369 g/mol. The van der Waals surface area contributed by atoms with Crippen LogP contribution in [0.3, 0.4) is 0 Å². The van der Waals surface area contributed by atoms with Gasteiger partial charge in [-0.3, -0.25) is 4.90 Å². The lowest BCUT2D eigenvalue weighted by Gasteiger charge is -2.37. The van der Waals surface area contributed by atoms with Crippen LogP contribution >= 0.6 is 0 Å². The Labute approximate surface area is 149 Å². The van der Waals surface area contributed by atoms with Crippen LogP contribution in [0.15, 0.2) is 24.3 Å². The number of likely N-dealkylation sites (tertiary alicyclic amines) is 1. The summed E-state index contributed by atoms with van der Waals surface area (Å²) in [6.45, 7) is 0.283. The second-order valence-electron chi connectivity index (χ2n) is 6.36. The summed E-state index contributed by atoms with van der Waals surface area (Å²) in [6, 6.07) is 5.74. The van der Waals surface area contributed by atoms with E-state index in [2.05, 4.69) is 10.1 Å². The van der Waals surface area contributed by atoms with E-state index in [1.165, 1.54) is 12.1 Å². The van der Waals surface area contributed by atoms with Crippen molar-refractivity contribution < 1.29 is 27.8 Å². The predicted octanol–water partition coefficient (Wildman–Crippen LogP) is 3.13. The SMILES string of the molecule is CC1COC(=O)N1C1CCN(C(=O)Nc2ccccc2OC(F)F)CC1. The smallest absolute Gasteiger partial charge is 0.410 e. The van der Waals surface area contributed by atoms with Crippen molar-refractivity contribution >= 4 is 17.8 Å². The molecular weight excluding hydrogens is 348 g/mol. The molecule has 1 atom stereocenters. The van der Waals surface area contributed by atoms with Gasteiger partial charge in [-0.05, 0) is 31.9 Å². The van der Waals surface area contributed by atoms with Gasteiger partial charge in [0.25, 0.3) is 0 Å². The van der Waals surface area contributed by atoms with Crippen LogP contribution in [-0.2, 0) is 4.74 Å². The second-order valence-corrected chi connectivity index (χ2v) is 6.36. The molecule has 1 aromatic carbocycles. The Bertz CT molecular complexity index is 665. The maximum Gasteiger partial charge on any atom is 0.410 e. The van der Waals surface area contributed by atoms with E-state index in [4.69, 9.17) is 4.74 Å². The van der Waals surface area contributed by atoms with Gasteiger partial charge in [0.2, 0.25) is 0 Å². The number of urea groups is 1. The summed E-state index contributed by atoms with van der Waals surface area (Å²) in [6.07, 6.45) is 0.975. The van der Waals surface area contributed by atoms with E-state index < -0.39 is 6.61 Å². The van der Waals surface area contributed by atoms with Crippen molar-refractivity contribution in [2.45, 2.75) is 38.5 Å². The third kappa shape index (κ3) is 3.97. The fraction of sp³-hybridized carbons (Fsp3) is 0.529. The molecule has 0 aliphatic carbocycles. The molecule has 9 heteroatoms. The van der Waals surface area contributed by atoms with Gasteiger partial charge in [-0.2, -0.15) is 8.78 Å². The number of ether oxygens (including phenoxy) is 2. The second kappa shape index (κ2) is 7.76. The number of carbonyl (C=O) groups excluding carboxylic acids is 2. The van der Waals surface area contributed by atoms with Crippen molar-refractivity contribution in [3.8, 4) is 5.75 Å². The van der Waals surface area contributed by atoms with E-state index in [1.54, 1.807) is 21.9 Å². The molecule has 0 bridgehead atoms. The predicted molar refractivity (Wildman–Crippen MR) is 89.3 cm³/mol. The maximum absolute atomic E-state index is 12.5. The summed E-state index contributed by atoms with van der Waals surface area (Å²) >= 11 is 0. The van der Waals surface area contributed by atoms with Gasteiger partial charge >= 0.3 is 18.7 Å². The summed E-state index contributed by atoms with van der Waals surface area (Å²) in [4.78, 5) is 27.6. The average Bonchev–Trinajstić information content (AvgIpc) is 2.95. The summed E-state index contributed by atoms with van der Waals surface area (Å²) < 4.78 is 34.4. The zero-order valence-corrected chi connectivity index (χ0v) is 14.4. The fourth-order valence-corrected chi connectivity index (χ4v) is 3.35. The van der Waals surface area contributed by atoms with E-state index in [1.807, 2.05) is 6.92 Å². The number of anilines is 1. The number of carbonyl (C=O) groups is 2. The van der Waals surface area contributed by atoms with Crippen molar-refractivity contribution in [3.05, 3.63) is 24.3 Å². The highest BCUT2D eigenvalue weighted by Crippen LogP contribution is 2.27. The molecule has 3 amide bonds. The number of alkyl halides is 2. The number of cyclic esters (lactones) is 1. The van der Waals surface area contributed by atoms with Crippen molar-refractivity contribution in [2.75, 3.05) is 25.0 Å². The molecule has 0 saturated carbocycles. The zero-order chi connectivity index (χ0) is 18.7. The molecule has 0 radical (unpaired) electrons. The Kier molecular flexibility index (Phi) is 5.43. The number of rotatable bonds is 4. The summed E-state index contributed by atoms with van der Waals surface area (Å²) in [5.74, 6) is -0.0839. The standard InChI is InChI=1S/C17H21F2N3O4/c1-11-10-25-17(24)22(11)12-6-8-21(9-7-12)16(23)20-13-4-2-3-5-14(13)26-15(18)19/h2-5,11-12,15H,6-10H2,1H3,(H,20,23). The highest BCUT2D eigenvalue weighted by molar-refractivity contribution is 5.91. The number of hydrogen-bond donors (Lipinski definition) is 1. The number of hydrogen-bond acceptors (Lipinski definition) is 4. The molecule has 7 nitrogen and oxygen atoms in total. The van der Waals surface area contributed by atoms with Gasteiger partial charge in [-0.25, -0.2) is 9.59 Å². The first-order valence-corrected chi connectivity index (χ1v) is 8.50. The van der Waals surface area contributed by atoms with Crippen molar-refractivity contribution in [2.24, 2.45) is 0 Å². The molecule has 2 fully saturated rings. The Hall–Kier alpha value is -2.58. The van der Waals surface area contributed by atoms with Crippen molar-refractivity contribution in [1.82, 2.24) is 9.80 Å². The van der Waals surface area contributed by atoms with Crippen LogP contribution in [0.1, 0.15) is 19.8 Å². The molecule has 1 aromatic rings. The Balaban J connectivity index is 1.57. The number of nitrogens with one attached hydrogen (secondary N) is 1. The summed E-state index contributed by atoms with van der Waals surface area (Å²) in [5, 5.41) is 2.61. The lowest BCUT2D eigenvalue weighted by molar-refractivity contribution is -0.0493. The van der Waals surface area contributed by atoms with E-state index in [0.29, 0.717) is 32.5 Å². The van der Waals surface area contributed by atoms with E-state index in [0.717, 1.165) is 0 Å². The minimum absolute atomic E-state index is 0.0336. The van der Waals surface area contributed by atoms with Crippen LogP contribution in [0.4, 0.5) is 24.1 Å². The minimum Gasteiger partial charge on any atom is -0.447 e. The first-order chi connectivity index (χ1) is 12.5. The molecule has 2 aliphatic rings. The van der Waals surface area contributed by atoms with Gasteiger partial charge in [0.15, 0.2) is 0 Å². The molecule has 2 aliphatic heterocycles. The van der Waals surface area contributed by atoms with Crippen LogP contribution in [0, 0.1) is 0 Å². The molecular formula is C17H21F2N3O4. The molecule has 2 saturated heterocycles. The number of benzene rings is 1. The number of halogens is 2. The van der Waals surface area contributed by atoms with E-state index in [-0.39, 0.29) is 35.6 Å². The van der Waals surface area contributed by atoms with E-state index in [9.17, 15) is 18.4 Å². The van der Waals surface area contributed by atoms with Crippen molar-refractivity contribution in [1.29, 1.82) is 0 Å². The molecule has 26 heavy (non-hydrogen) atoms.